The van der Waals surface area contributed by atoms with Crippen LogP contribution in [0.2, 0.25) is 0 Å². The van der Waals surface area contributed by atoms with E-state index in [4.69, 9.17) is 0 Å². The predicted molar refractivity (Wildman–Crippen MR) is 91.4 cm³/mol. The van der Waals surface area contributed by atoms with Gasteiger partial charge in [-0.25, -0.2) is 0 Å². The molecular formula is C16H26N4O2S. The fourth-order valence-electron chi connectivity index (χ4n) is 2.77. The van der Waals surface area contributed by atoms with Crippen molar-refractivity contribution in [1.82, 2.24) is 15.1 Å². The highest BCUT2D eigenvalue weighted by Gasteiger charge is 2.24. The smallest absolute Gasteiger partial charge is 0.228 e. The zero-order valence-electron chi connectivity index (χ0n) is 14.0. The van der Waals surface area contributed by atoms with E-state index < -0.39 is 0 Å². The van der Waals surface area contributed by atoms with Crippen molar-refractivity contribution in [3.8, 4) is 0 Å². The van der Waals surface area contributed by atoms with E-state index >= 15 is 0 Å². The van der Waals surface area contributed by atoms with Crippen molar-refractivity contribution in [3.63, 3.8) is 0 Å². The topological polar surface area (TPSA) is 75.2 Å². The van der Waals surface area contributed by atoms with Gasteiger partial charge in [-0.2, -0.15) is 0 Å². The van der Waals surface area contributed by atoms with Crippen LogP contribution in [0, 0.1) is 0 Å². The molecule has 1 fully saturated rings. The lowest BCUT2D eigenvalue weighted by Crippen LogP contribution is -2.43. The third-order valence-electron chi connectivity index (χ3n) is 4.08. The fourth-order valence-corrected chi connectivity index (χ4v) is 3.57. The van der Waals surface area contributed by atoms with E-state index in [1.54, 1.807) is 0 Å². The molecule has 1 aromatic heterocycles. The van der Waals surface area contributed by atoms with E-state index in [9.17, 15) is 9.59 Å². The van der Waals surface area contributed by atoms with Gasteiger partial charge in [-0.15, -0.1) is 10.2 Å². The zero-order valence-corrected chi connectivity index (χ0v) is 14.8. The third kappa shape index (κ3) is 5.57. The first-order chi connectivity index (χ1) is 11.1. The molecule has 128 valence electrons. The molecule has 0 spiro atoms. The number of likely N-dealkylation sites (tertiary alicyclic amines) is 1. The summed E-state index contributed by atoms with van der Waals surface area (Å²) in [5.74, 6) is 0.0535. The van der Waals surface area contributed by atoms with Gasteiger partial charge in [0.15, 0.2) is 0 Å². The Bertz CT molecular complexity index is 532. The summed E-state index contributed by atoms with van der Waals surface area (Å²) in [7, 11) is 0. The van der Waals surface area contributed by atoms with Gasteiger partial charge in [0.2, 0.25) is 16.9 Å². The van der Waals surface area contributed by atoms with Gasteiger partial charge in [-0.3, -0.25) is 9.59 Å². The van der Waals surface area contributed by atoms with E-state index in [1.165, 1.54) is 24.2 Å². The molecular weight excluding hydrogens is 312 g/mol. The standard InChI is InChI=1S/C16H26N4O2S/c1-3-4-5-8-14-18-19-16(23-14)17-13(21)11-12(2)20-10-7-6-9-15(20)22/h12H,3-11H2,1-2H3,(H,17,19,21)/t12-/m0/s1. The number of aromatic nitrogens is 2. The van der Waals surface area contributed by atoms with Crippen LogP contribution in [0.1, 0.15) is 63.8 Å². The lowest BCUT2D eigenvalue weighted by molar-refractivity contribution is -0.136. The number of rotatable bonds is 8. The second kappa shape index (κ2) is 8.96. The highest BCUT2D eigenvalue weighted by molar-refractivity contribution is 7.15. The van der Waals surface area contributed by atoms with Gasteiger partial charge < -0.3 is 10.2 Å². The van der Waals surface area contributed by atoms with Crippen LogP contribution >= 0.6 is 11.3 Å². The molecule has 23 heavy (non-hydrogen) atoms. The Morgan fingerprint density at radius 3 is 2.91 bits per heavy atom. The van der Waals surface area contributed by atoms with Crippen LogP contribution in [0.5, 0.6) is 0 Å². The molecule has 6 nitrogen and oxygen atoms in total. The summed E-state index contributed by atoms with van der Waals surface area (Å²) in [4.78, 5) is 25.8. The maximum Gasteiger partial charge on any atom is 0.228 e. The minimum absolute atomic E-state index is 0.0697. The Hall–Kier alpha value is -1.50. The zero-order chi connectivity index (χ0) is 16.7. The van der Waals surface area contributed by atoms with E-state index in [0.29, 0.717) is 18.0 Å². The number of anilines is 1. The van der Waals surface area contributed by atoms with Crippen LogP contribution in [-0.2, 0) is 16.0 Å². The fraction of sp³-hybridized carbons (Fsp3) is 0.750. The molecule has 0 radical (unpaired) electrons. The molecule has 1 N–H and O–H groups in total. The van der Waals surface area contributed by atoms with Crippen LogP contribution in [0.15, 0.2) is 0 Å². The average molecular weight is 338 g/mol. The number of carbonyl (C=O) groups excluding carboxylic acids is 2. The highest BCUT2D eigenvalue weighted by atomic mass is 32.1. The molecule has 1 aliphatic rings. The van der Waals surface area contributed by atoms with Crippen molar-refractivity contribution < 1.29 is 9.59 Å². The van der Waals surface area contributed by atoms with Gasteiger partial charge in [0.25, 0.3) is 0 Å². The Labute approximate surface area is 141 Å². The quantitative estimate of drug-likeness (QED) is 0.739. The number of unbranched alkanes of at least 4 members (excludes halogenated alkanes) is 2. The summed E-state index contributed by atoms with van der Waals surface area (Å²) in [5, 5.41) is 12.5. The number of hydrogen-bond donors (Lipinski definition) is 1. The molecule has 2 heterocycles. The van der Waals surface area contributed by atoms with Crippen molar-refractivity contribution in [1.29, 1.82) is 0 Å². The Kier molecular flexibility index (Phi) is 6.95. The molecule has 1 aromatic rings. The summed E-state index contributed by atoms with van der Waals surface area (Å²) >= 11 is 1.44. The van der Waals surface area contributed by atoms with Gasteiger partial charge >= 0.3 is 0 Å². The number of amides is 2. The first-order valence-corrected chi connectivity index (χ1v) is 9.33. The maximum absolute atomic E-state index is 12.1. The molecule has 1 saturated heterocycles. The average Bonchev–Trinajstić information content (AvgIpc) is 2.95. The van der Waals surface area contributed by atoms with E-state index in [0.717, 1.165) is 37.2 Å². The summed E-state index contributed by atoms with van der Waals surface area (Å²) in [5.41, 5.74) is 0. The van der Waals surface area contributed by atoms with Crippen molar-refractivity contribution in [2.75, 3.05) is 11.9 Å². The van der Waals surface area contributed by atoms with Crippen LogP contribution in [0.3, 0.4) is 0 Å². The second-order valence-corrected chi connectivity index (χ2v) is 7.17. The SMILES string of the molecule is CCCCCc1nnc(NC(=O)C[C@H](C)N2CCCCC2=O)s1. The first kappa shape index (κ1) is 17.8. The number of nitrogens with zero attached hydrogens (tertiary/aromatic N) is 3. The Balaban J connectivity index is 1.78. The largest absolute Gasteiger partial charge is 0.339 e. The molecule has 2 rings (SSSR count). The van der Waals surface area contributed by atoms with Gasteiger partial charge in [0.1, 0.15) is 5.01 Å². The first-order valence-electron chi connectivity index (χ1n) is 8.52. The lowest BCUT2D eigenvalue weighted by atomic mass is 10.1. The summed E-state index contributed by atoms with van der Waals surface area (Å²) in [6.07, 6.45) is 7.26. The molecule has 0 aliphatic carbocycles. The number of carbonyl (C=O) groups is 2. The van der Waals surface area contributed by atoms with E-state index in [1.807, 2.05) is 11.8 Å². The predicted octanol–water partition coefficient (Wildman–Crippen LogP) is 3.00. The van der Waals surface area contributed by atoms with Crippen molar-refractivity contribution >= 4 is 28.3 Å². The normalized spacial score (nSPS) is 16.4. The van der Waals surface area contributed by atoms with Gasteiger partial charge in [-0.1, -0.05) is 31.1 Å². The number of nitrogens with one attached hydrogen (secondary N) is 1. The van der Waals surface area contributed by atoms with Crippen LogP contribution in [-0.4, -0.2) is 39.5 Å². The minimum Gasteiger partial charge on any atom is -0.339 e. The van der Waals surface area contributed by atoms with Crippen molar-refractivity contribution in [3.05, 3.63) is 5.01 Å². The van der Waals surface area contributed by atoms with E-state index in [-0.39, 0.29) is 17.9 Å². The number of aryl methyl sites for hydroxylation is 1. The molecule has 1 atom stereocenters. The number of hydrogen-bond acceptors (Lipinski definition) is 5. The lowest BCUT2D eigenvalue weighted by Gasteiger charge is -2.32. The summed E-state index contributed by atoms with van der Waals surface area (Å²) in [6.45, 7) is 4.85. The second-order valence-electron chi connectivity index (χ2n) is 6.10. The summed E-state index contributed by atoms with van der Waals surface area (Å²) < 4.78 is 0. The molecule has 0 saturated carbocycles. The van der Waals surface area contributed by atoms with Crippen molar-refractivity contribution in [2.24, 2.45) is 0 Å². The molecule has 0 bridgehead atoms. The molecule has 0 aromatic carbocycles. The number of piperidine rings is 1. The molecule has 2 amide bonds. The Morgan fingerprint density at radius 1 is 1.35 bits per heavy atom. The third-order valence-corrected chi connectivity index (χ3v) is 4.98. The van der Waals surface area contributed by atoms with Crippen LogP contribution in [0.4, 0.5) is 5.13 Å². The van der Waals surface area contributed by atoms with Gasteiger partial charge in [-0.05, 0) is 26.2 Å². The molecule has 1 aliphatic heterocycles. The maximum atomic E-state index is 12.1. The molecule has 0 unspecified atom stereocenters. The monoisotopic (exact) mass is 338 g/mol. The van der Waals surface area contributed by atoms with Crippen LogP contribution < -0.4 is 5.32 Å². The van der Waals surface area contributed by atoms with Gasteiger partial charge in [0.05, 0.1) is 0 Å². The molecule has 7 heteroatoms. The highest BCUT2D eigenvalue weighted by Crippen LogP contribution is 2.19. The van der Waals surface area contributed by atoms with Crippen LogP contribution in [0.25, 0.3) is 0 Å². The van der Waals surface area contributed by atoms with E-state index in [2.05, 4.69) is 22.4 Å². The van der Waals surface area contributed by atoms with Gasteiger partial charge in [0, 0.05) is 31.8 Å². The summed E-state index contributed by atoms with van der Waals surface area (Å²) in [6, 6.07) is -0.0697. The minimum atomic E-state index is -0.105. The Morgan fingerprint density at radius 2 is 2.17 bits per heavy atom. The van der Waals surface area contributed by atoms with Crippen molar-refractivity contribution in [2.45, 2.75) is 71.3 Å².